The van der Waals surface area contributed by atoms with Gasteiger partial charge < -0.3 is 14.4 Å². The number of nitrogens with zero attached hydrogens (tertiary/aromatic N) is 1. The topological polar surface area (TPSA) is 38.8 Å². The van der Waals surface area contributed by atoms with Crippen LogP contribution < -0.4 is 9.47 Å². The third-order valence-corrected chi connectivity index (χ3v) is 4.88. The first-order chi connectivity index (χ1) is 12.4. The van der Waals surface area contributed by atoms with Crippen LogP contribution in [0.5, 0.6) is 11.5 Å². The second kappa shape index (κ2) is 7.40. The molecule has 2 aromatic rings. The van der Waals surface area contributed by atoms with Gasteiger partial charge in [0.1, 0.15) is 13.2 Å². The summed E-state index contributed by atoms with van der Waals surface area (Å²) in [4.78, 5) is 15.4. The number of carbonyl (C=O) groups excluding carboxylic acids is 1. The summed E-state index contributed by atoms with van der Waals surface area (Å²) in [5.74, 6) is 1.56. The van der Waals surface area contributed by atoms with Gasteiger partial charge in [-0.2, -0.15) is 0 Å². The number of benzene rings is 2. The number of carbonyl (C=O) groups is 1. The Morgan fingerprint density at radius 1 is 1.04 bits per heavy atom. The number of fused-ring (bicyclic) bond motifs is 1. The Morgan fingerprint density at radius 2 is 1.69 bits per heavy atom. The van der Waals surface area contributed by atoms with Crippen molar-refractivity contribution in [3.05, 3.63) is 59.7 Å². The Morgan fingerprint density at radius 3 is 2.35 bits per heavy atom. The minimum atomic E-state index is -0.658. The lowest BCUT2D eigenvalue weighted by atomic mass is 9.82. The zero-order chi connectivity index (χ0) is 18.7. The van der Waals surface area contributed by atoms with Gasteiger partial charge in [0.25, 0.3) is 0 Å². The van der Waals surface area contributed by atoms with Crippen LogP contribution in [0, 0.1) is 0 Å². The maximum Gasteiger partial charge on any atom is 0.233 e. The van der Waals surface area contributed by atoms with E-state index in [1.165, 1.54) is 0 Å². The fraction of sp³-hybridized carbons (Fsp3) is 0.409. The van der Waals surface area contributed by atoms with Crippen LogP contribution in [0.3, 0.4) is 0 Å². The molecule has 4 heteroatoms. The van der Waals surface area contributed by atoms with Gasteiger partial charge in [-0.15, -0.1) is 0 Å². The molecule has 0 spiro atoms. The SMILES string of the molecule is CC(C)N(Cc1ccccc1)C(=O)C(C)(C)c1ccc2c(c1)OCCO2. The summed E-state index contributed by atoms with van der Waals surface area (Å²) in [5.41, 5.74) is 1.41. The third kappa shape index (κ3) is 3.69. The highest BCUT2D eigenvalue weighted by Crippen LogP contribution is 2.36. The zero-order valence-corrected chi connectivity index (χ0v) is 16.0. The number of amides is 1. The van der Waals surface area contributed by atoms with Crippen LogP contribution in [-0.4, -0.2) is 30.1 Å². The largest absolute Gasteiger partial charge is 0.486 e. The summed E-state index contributed by atoms with van der Waals surface area (Å²) in [6, 6.07) is 16.0. The maximum atomic E-state index is 13.4. The van der Waals surface area contributed by atoms with Crippen LogP contribution in [-0.2, 0) is 16.8 Å². The number of hydrogen-bond donors (Lipinski definition) is 0. The summed E-state index contributed by atoms with van der Waals surface area (Å²) in [6.07, 6.45) is 0. The summed E-state index contributed by atoms with van der Waals surface area (Å²) < 4.78 is 11.3. The van der Waals surface area contributed by atoms with E-state index in [4.69, 9.17) is 9.47 Å². The summed E-state index contributed by atoms with van der Waals surface area (Å²) >= 11 is 0. The van der Waals surface area contributed by atoms with E-state index < -0.39 is 5.41 Å². The molecule has 0 aromatic heterocycles. The van der Waals surface area contributed by atoms with Crippen molar-refractivity contribution in [1.29, 1.82) is 0 Å². The highest BCUT2D eigenvalue weighted by molar-refractivity contribution is 5.88. The molecular weight excluding hydrogens is 326 g/mol. The highest BCUT2D eigenvalue weighted by Gasteiger charge is 2.35. The van der Waals surface area contributed by atoms with Crippen LogP contribution in [0.1, 0.15) is 38.8 Å². The van der Waals surface area contributed by atoms with Crippen molar-refractivity contribution in [1.82, 2.24) is 4.90 Å². The van der Waals surface area contributed by atoms with E-state index in [1.807, 2.05) is 55.1 Å². The molecule has 0 atom stereocenters. The molecule has 3 rings (SSSR count). The predicted octanol–water partition coefficient (Wildman–Crippen LogP) is 4.17. The Balaban J connectivity index is 1.87. The van der Waals surface area contributed by atoms with Gasteiger partial charge in [-0.25, -0.2) is 0 Å². The first-order valence-corrected chi connectivity index (χ1v) is 9.14. The van der Waals surface area contributed by atoms with E-state index in [1.54, 1.807) is 0 Å². The monoisotopic (exact) mass is 353 g/mol. The van der Waals surface area contributed by atoms with E-state index >= 15 is 0 Å². The van der Waals surface area contributed by atoms with Gasteiger partial charge in [0.15, 0.2) is 11.5 Å². The Bertz CT molecular complexity index is 768. The van der Waals surface area contributed by atoms with Gasteiger partial charge in [-0.05, 0) is 51.0 Å². The second-order valence-electron chi connectivity index (χ2n) is 7.50. The maximum absolute atomic E-state index is 13.4. The van der Waals surface area contributed by atoms with Gasteiger partial charge in [-0.1, -0.05) is 36.4 Å². The normalized spacial score (nSPS) is 13.6. The lowest BCUT2D eigenvalue weighted by Gasteiger charge is -2.35. The molecule has 26 heavy (non-hydrogen) atoms. The number of hydrogen-bond acceptors (Lipinski definition) is 3. The molecule has 1 heterocycles. The van der Waals surface area contributed by atoms with Gasteiger partial charge in [0, 0.05) is 12.6 Å². The van der Waals surface area contributed by atoms with E-state index in [-0.39, 0.29) is 11.9 Å². The summed E-state index contributed by atoms with van der Waals surface area (Å²) in [6.45, 7) is 9.76. The van der Waals surface area contributed by atoms with Crippen molar-refractivity contribution in [3.63, 3.8) is 0 Å². The van der Waals surface area contributed by atoms with E-state index in [0.29, 0.717) is 25.5 Å². The molecule has 138 valence electrons. The minimum absolute atomic E-state index is 0.105. The Kier molecular flexibility index (Phi) is 5.21. The lowest BCUT2D eigenvalue weighted by molar-refractivity contribution is -0.138. The summed E-state index contributed by atoms with van der Waals surface area (Å²) in [5, 5.41) is 0. The average molecular weight is 353 g/mol. The van der Waals surface area contributed by atoms with Gasteiger partial charge in [0.05, 0.1) is 5.41 Å². The van der Waals surface area contributed by atoms with Crippen LogP contribution >= 0.6 is 0 Å². The van der Waals surface area contributed by atoms with Crippen molar-refractivity contribution in [2.75, 3.05) is 13.2 Å². The molecule has 0 bridgehead atoms. The third-order valence-electron chi connectivity index (χ3n) is 4.88. The molecule has 1 aliphatic rings. The first-order valence-electron chi connectivity index (χ1n) is 9.14. The second-order valence-corrected chi connectivity index (χ2v) is 7.50. The predicted molar refractivity (Wildman–Crippen MR) is 103 cm³/mol. The van der Waals surface area contributed by atoms with Crippen molar-refractivity contribution < 1.29 is 14.3 Å². The quantitative estimate of drug-likeness (QED) is 0.810. The Labute approximate surface area is 155 Å². The standard InChI is InChI=1S/C22H27NO3/c1-16(2)23(15-17-8-6-5-7-9-17)21(24)22(3,4)18-10-11-19-20(14-18)26-13-12-25-19/h5-11,14,16H,12-13,15H2,1-4H3. The molecule has 0 saturated heterocycles. The molecule has 0 N–H and O–H groups in total. The number of rotatable bonds is 5. The molecule has 2 aromatic carbocycles. The van der Waals surface area contributed by atoms with Gasteiger partial charge in [0.2, 0.25) is 5.91 Å². The molecule has 0 radical (unpaired) electrons. The van der Waals surface area contributed by atoms with E-state index in [9.17, 15) is 4.79 Å². The molecule has 0 aliphatic carbocycles. The lowest BCUT2D eigenvalue weighted by Crippen LogP contribution is -2.46. The molecule has 4 nitrogen and oxygen atoms in total. The van der Waals surface area contributed by atoms with Crippen LogP contribution in [0.4, 0.5) is 0 Å². The highest BCUT2D eigenvalue weighted by atomic mass is 16.6. The molecule has 1 aliphatic heterocycles. The van der Waals surface area contributed by atoms with Crippen LogP contribution in [0.15, 0.2) is 48.5 Å². The van der Waals surface area contributed by atoms with Crippen molar-refractivity contribution >= 4 is 5.91 Å². The average Bonchev–Trinajstić information content (AvgIpc) is 2.65. The van der Waals surface area contributed by atoms with Crippen molar-refractivity contribution in [3.8, 4) is 11.5 Å². The fourth-order valence-corrected chi connectivity index (χ4v) is 3.18. The first kappa shape index (κ1) is 18.3. The zero-order valence-electron chi connectivity index (χ0n) is 16.0. The van der Waals surface area contributed by atoms with Crippen molar-refractivity contribution in [2.24, 2.45) is 0 Å². The molecular formula is C22H27NO3. The molecule has 0 fully saturated rings. The molecule has 0 saturated carbocycles. The van der Waals surface area contributed by atoms with Crippen LogP contribution in [0.25, 0.3) is 0 Å². The smallest absolute Gasteiger partial charge is 0.233 e. The fourth-order valence-electron chi connectivity index (χ4n) is 3.18. The Hall–Kier alpha value is -2.49. The van der Waals surface area contributed by atoms with Gasteiger partial charge >= 0.3 is 0 Å². The minimum Gasteiger partial charge on any atom is -0.486 e. The van der Waals surface area contributed by atoms with Crippen molar-refractivity contribution in [2.45, 2.75) is 45.7 Å². The van der Waals surface area contributed by atoms with Crippen LogP contribution in [0.2, 0.25) is 0 Å². The van der Waals surface area contributed by atoms with Gasteiger partial charge in [-0.3, -0.25) is 4.79 Å². The molecule has 0 unspecified atom stereocenters. The van der Waals surface area contributed by atoms with E-state index in [2.05, 4.69) is 26.0 Å². The summed E-state index contributed by atoms with van der Waals surface area (Å²) in [7, 11) is 0. The van der Waals surface area contributed by atoms with E-state index in [0.717, 1.165) is 16.9 Å². The molecule has 1 amide bonds. The number of ether oxygens (including phenoxy) is 2.